The van der Waals surface area contributed by atoms with E-state index in [1.807, 2.05) is 11.0 Å². The van der Waals surface area contributed by atoms with Crippen LogP contribution in [0, 0.1) is 21.4 Å². The van der Waals surface area contributed by atoms with Crippen molar-refractivity contribution in [2.24, 2.45) is 0 Å². The van der Waals surface area contributed by atoms with Gasteiger partial charge in [0.2, 0.25) is 0 Å². The van der Waals surface area contributed by atoms with Gasteiger partial charge in [-0.05, 0) is 18.6 Å². The van der Waals surface area contributed by atoms with Crippen LogP contribution in [0.5, 0.6) is 0 Å². The van der Waals surface area contributed by atoms with E-state index in [0.717, 1.165) is 26.1 Å². The molecule has 0 aliphatic carbocycles. The number of hydrogen-bond acceptors (Lipinski definition) is 6. The minimum absolute atomic E-state index is 0.0396. The molecule has 0 atom stereocenters. The Morgan fingerprint density at radius 1 is 1.33 bits per heavy atom. The molecule has 112 valence electrons. The predicted octanol–water partition coefficient (Wildman–Crippen LogP) is 0.971. The van der Waals surface area contributed by atoms with Crippen LogP contribution < -0.4 is 4.90 Å². The Morgan fingerprint density at radius 3 is 2.62 bits per heavy atom. The van der Waals surface area contributed by atoms with Crippen molar-refractivity contribution in [2.75, 3.05) is 44.2 Å². The molecule has 1 aromatic carbocycles. The van der Waals surface area contributed by atoms with Gasteiger partial charge in [0, 0.05) is 45.4 Å². The zero-order valence-corrected chi connectivity index (χ0v) is 11.7. The molecule has 0 saturated carbocycles. The number of rotatable bonds is 5. The van der Waals surface area contributed by atoms with Crippen LogP contribution >= 0.6 is 0 Å². The zero-order valence-electron chi connectivity index (χ0n) is 11.7. The molecule has 0 aromatic heterocycles. The lowest BCUT2D eigenvalue weighted by Crippen LogP contribution is -2.46. The first-order chi connectivity index (χ1) is 10.2. The van der Waals surface area contributed by atoms with E-state index in [0.29, 0.717) is 24.3 Å². The van der Waals surface area contributed by atoms with Crippen molar-refractivity contribution >= 4 is 11.4 Å². The van der Waals surface area contributed by atoms with Crippen molar-refractivity contribution in [3.8, 4) is 6.07 Å². The molecule has 1 saturated heterocycles. The summed E-state index contributed by atoms with van der Waals surface area (Å²) < 4.78 is 0. The fourth-order valence-electron chi connectivity index (χ4n) is 2.51. The summed E-state index contributed by atoms with van der Waals surface area (Å²) in [6.45, 7) is 3.98. The van der Waals surface area contributed by atoms with Crippen molar-refractivity contribution in [1.82, 2.24) is 4.90 Å². The highest BCUT2D eigenvalue weighted by molar-refractivity contribution is 5.66. The van der Waals surface area contributed by atoms with E-state index < -0.39 is 4.92 Å². The molecule has 1 heterocycles. The molecule has 1 aliphatic rings. The van der Waals surface area contributed by atoms with Crippen LogP contribution in [0.15, 0.2) is 18.2 Å². The van der Waals surface area contributed by atoms with Crippen molar-refractivity contribution in [1.29, 1.82) is 5.26 Å². The van der Waals surface area contributed by atoms with Crippen molar-refractivity contribution < 1.29 is 10.0 Å². The van der Waals surface area contributed by atoms with Gasteiger partial charge >= 0.3 is 0 Å². The minimum atomic E-state index is -0.408. The SMILES string of the molecule is N#Cc1ccc([N+](=O)[O-])c(N2CCN(CCCO)CC2)c1. The second kappa shape index (κ2) is 7.02. The molecule has 7 nitrogen and oxygen atoms in total. The Balaban J connectivity index is 2.12. The molecular weight excluding hydrogens is 272 g/mol. The lowest BCUT2D eigenvalue weighted by atomic mass is 10.1. The van der Waals surface area contributed by atoms with E-state index in [1.54, 1.807) is 6.07 Å². The number of aliphatic hydroxyl groups excluding tert-OH is 1. The molecule has 21 heavy (non-hydrogen) atoms. The maximum Gasteiger partial charge on any atom is 0.292 e. The minimum Gasteiger partial charge on any atom is -0.396 e. The molecule has 1 aromatic rings. The van der Waals surface area contributed by atoms with Gasteiger partial charge in [0.15, 0.2) is 0 Å². The number of nitrogens with zero attached hydrogens (tertiary/aromatic N) is 4. The molecule has 0 radical (unpaired) electrons. The number of nitro groups is 1. The third kappa shape index (κ3) is 3.68. The van der Waals surface area contributed by atoms with E-state index in [1.165, 1.54) is 12.1 Å². The second-order valence-corrected chi connectivity index (χ2v) is 4.98. The number of hydrogen-bond donors (Lipinski definition) is 1. The molecule has 7 heteroatoms. The van der Waals surface area contributed by atoms with Gasteiger partial charge in [-0.3, -0.25) is 15.0 Å². The summed E-state index contributed by atoms with van der Waals surface area (Å²) in [7, 11) is 0. The molecule has 1 aliphatic heterocycles. The number of nitro benzene ring substituents is 1. The summed E-state index contributed by atoms with van der Waals surface area (Å²) >= 11 is 0. The number of piperazine rings is 1. The van der Waals surface area contributed by atoms with Crippen molar-refractivity contribution in [3.05, 3.63) is 33.9 Å². The Hall–Kier alpha value is -2.17. The largest absolute Gasteiger partial charge is 0.396 e. The van der Waals surface area contributed by atoms with Gasteiger partial charge in [-0.25, -0.2) is 0 Å². The molecule has 1 fully saturated rings. The van der Waals surface area contributed by atoms with Gasteiger partial charge in [0.25, 0.3) is 5.69 Å². The topological polar surface area (TPSA) is 93.6 Å². The fraction of sp³-hybridized carbons (Fsp3) is 0.500. The van der Waals surface area contributed by atoms with E-state index in [9.17, 15) is 10.1 Å². The normalized spacial score (nSPS) is 15.7. The van der Waals surface area contributed by atoms with Crippen LogP contribution in [0.25, 0.3) is 0 Å². The summed E-state index contributed by atoms with van der Waals surface area (Å²) in [6, 6.07) is 6.47. The third-order valence-corrected chi connectivity index (χ3v) is 3.65. The lowest BCUT2D eigenvalue weighted by molar-refractivity contribution is -0.384. The van der Waals surface area contributed by atoms with Crippen LogP contribution in [-0.2, 0) is 0 Å². The summed E-state index contributed by atoms with van der Waals surface area (Å²) in [5, 5.41) is 28.9. The Bertz CT molecular complexity index is 548. The summed E-state index contributed by atoms with van der Waals surface area (Å²) in [5.74, 6) is 0. The van der Waals surface area contributed by atoms with E-state index in [4.69, 9.17) is 10.4 Å². The zero-order chi connectivity index (χ0) is 15.2. The Labute approximate surface area is 123 Å². The van der Waals surface area contributed by atoms with Gasteiger partial charge in [-0.15, -0.1) is 0 Å². The van der Waals surface area contributed by atoms with Crippen molar-refractivity contribution in [3.63, 3.8) is 0 Å². The average Bonchev–Trinajstić information content (AvgIpc) is 2.52. The van der Waals surface area contributed by atoms with E-state index in [2.05, 4.69) is 4.90 Å². The Kier molecular flexibility index (Phi) is 5.09. The van der Waals surface area contributed by atoms with E-state index >= 15 is 0 Å². The van der Waals surface area contributed by atoms with Gasteiger partial charge in [0.1, 0.15) is 5.69 Å². The van der Waals surface area contributed by atoms with Crippen LogP contribution in [0.1, 0.15) is 12.0 Å². The second-order valence-electron chi connectivity index (χ2n) is 4.98. The number of anilines is 1. The molecule has 0 bridgehead atoms. The molecule has 0 spiro atoms. The summed E-state index contributed by atoms with van der Waals surface area (Å²) in [4.78, 5) is 14.9. The summed E-state index contributed by atoms with van der Waals surface area (Å²) in [6.07, 6.45) is 0.740. The monoisotopic (exact) mass is 290 g/mol. The number of benzene rings is 1. The third-order valence-electron chi connectivity index (χ3n) is 3.65. The predicted molar refractivity (Wildman–Crippen MR) is 78.2 cm³/mol. The number of aliphatic hydroxyl groups is 1. The van der Waals surface area contributed by atoms with Crippen LogP contribution in [0.3, 0.4) is 0 Å². The number of nitriles is 1. The molecule has 0 unspecified atom stereocenters. The van der Waals surface area contributed by atoms with Gasteiger partial charge in [-0.2, -0.15) is 5.26 Å². The van der Waals surface area contributed by atoms with Gasteiger partial charge < -0.3 is 10.0 Å². The first kappa shape index (κ1) is 15.2. The van der Waals surface area contributed by atoms with Crippen LogP contribution in [-0.4, -0.2) is 54.3 Å². The molecule has 2 rings (SSSR count). The molecule has 1 N–H and O–H groups in total. The maximum absolute atomic E-state index is 11.1. The fourth-order valence-corrected chi connectivity index (χ4v) is 2.51. The van der Waals surface area contributed by atoms with Crippen molar-refractivity contribution in [2.45, 2.75) is 6.42 Å². The molecular formula is C14H18N4O3. The first-order valence-corrected chi connectivity index (χ1v) is 6.92. The standard InChI is InChI=1S/C14H18N4O3/c15-11-12-2-3-13(18(20)21)14(10-12)17-7-5-16(6-8-17)4-1-9-19/h2-3,10,19H,1,4-9H2. The Morgan fingerprint density at radius 2 is 2.05 bits per heavy atom. The highest BCUT2D eigenvalue weighted by Gasteiger charge is 2.23. The average molecular weight is 290 g/mol. The van der Waals surface area contributed by atoms with Crippen LogP contribution in [0.2, 0.25) is 0 Å². The smallest absolute Gasteiger partial charge is 0.292 e. The highest BCUT2D eigenvalue weighted by Crippen LogP contribution is 2.29. The summed E-state index contributed by atoms with van der Waals surface area (Å²) in [5.41, 5.74) is 0.983. The van der Waals surface area contributed by atoms with Gasteiger partial charge in [0.05, 0.1) is 16.6 Å². The van der Waals surface area contributed by atoms with E-state index in [-0.39, 0.29) is 12.3 Å². The quantitative estimate of drug-likeness (QED) is 0.641. The molecule has 0 amide bonds. The lowest BCUT2D eigenvalue weighted by Gasteiger charge is -2.35. The van der Waals surface area contributed by atoms with Gasteiger partial charge in [-0.1, -0.05) is 0 Å². The van der Waals surface area contributed by atoms with Crippen LogP contribution in [0.4, 0.5) is 11.4 Å². The first-order valence-electron chi connectivity index (χ1n) is 6.92. The maximum atomic E-state index is 11.1. The highest BCUT2D eigenvalue weighted by atomic mass is 16.6.